The fourth-order valence-electron chi connectivity index (χ4n) is 2.95. The average molecular weight is 265 g/mol. The minimum absolute atomic E-state index is 0.184. The number of hydrogen-bond donors (Lipinski definition) is 0. The van der Waals surface area contributed by atoms with Crippen LogP contribution in [0.25, 0.3) is 0 Å². The van der Waals surface area contributed by atoms with Gasteiger partial charge in [0.05, 0.1) is 12.1 Å². The van der Waals surface area contributed by atoms with Crippen LogP contribution in [0.1, 0.15) is 53.4 Å². The van der Waals surface area contributed by atoms with E-state index in [9.17, 15) is 4.79 Å². The molecule has 1 aliphatic carbocycles. The van der Waals surface area contributed by atoms with Gasteiger partial charge in [-0.25, -0.2) is 4.99 Å². The Labute approximate surface area is 114 Å². The number of carbonyl (C=O) groups excluding carboxylic acids is 1. The molecule has 0 aromatic rings. The van der Waals surface area contributed by atoms with Gasteiger partial charge in [0.15, 0.2) is 0 Å². The van der Waals surface area contributed by atoms with Gasteiger partial charge in [-0.1, -0.05) is 12.8 Å². The minimum Gasteiger partial charge on any atom is -0.465 e. The monoisotopic (exact) mass is 265 g/mol. The molecule has 0 bridgehead atoms. The fourth-order valence-corrected chi connectivity index (χ4v) is 2.95. The molecule has 2 rings (SSSR count). The maximum atomic E-state index is 12.4. The van der Waals surface area contributed by atoms with E-state index in [-0.39, 0.29) is 11.5 Å². The summed E-state index contributed by atoms with van der Waals surface area (Å²) in [5.41, 5.74) is -0.984. The molecule has 0 saturated heterocycles. The van der Waals surface area contributed by atoms with Gasteiger partial charge in [0.2, 0.25) is 5.90 Å². The van der Waals surface area contributed by atoms with Crippen molar-refractivity contribution in [2.45, 2.75) is 58.9 Å². The molecule has 0 unspecified atom stereocenters. The van der Waals surface area contributed by atoms with E-state index < -0.39 is 5.41 Å². The zero-order valence-corrected chi connectivity index (χ0v) is 12.3. The average Bonchev–Trinajstić information content (AvgIpc) is 2.76. The molecule has 0 spiro atoms. The van der Waals surface area contributed by atoms with Crippen molar-refractivity contribution in [3.63, 3.8) is 0 Å². The molecular weight excluding hydrogens is 242 g/mol. The van der Waals surface area contributed by atoms with E-state index in [2.05, 4.69) is 4.99 Å². The summed E-state index contributed by atoms with van der Waals surface area (Å²) in [5.74, 6) is 1.18. The van der Waals surface area contributed by atoms with Gasteiger partial charge in [0, 0.05) is 0 Å². The predicted molar refractivity (Wildman–Crippen MR) is 73.9 cm³/mol. The second-order valence-corrected chi connectivity index (χ2v) is 5.94. The molecule has 19 heavy (non-hydrogen) atoms. The van der Waals surface area contributed by atoms with Crippen molar-refractivity contribution in [1.29, 1.82) is 0 Å². The van der Waals surface area contributed by atoms with Gasteiger partial charge in [-0.05, 0) is 46.6 Å². The summed E-state index contributed by atoms with van der Waals surface area (Å²) in [6.07, 6.45) is 5.56. The maximum Gasteiger partial charge on any atom is 0.321 e. The number of hydrogen-bond acceptors (Lipinski definition) is 4. The number of rotatable bonds is 3. The van der Waals surface area contributed by atoms with Crippen LogP contribution in [0.2, 0.25) is 0 Å². The standard InChI is InChI=1S/C15H23NO3/c1-5-18-13(17)15(8-6-7-9-15)12-16-14(3,4)10-11(2)19-12/h10H,5-9H2,1-4H3. The molecule has 4 heteroatoms. The van der Waals surface area contributed by atoms with E-state index in [1.165, 1.54) is 0 Å². The Morgan fingerprint density at radius 1 is 1.42 bits per heavy atom. The van der Waals surface area contributed by atoms with Crippen molar-refractivity contribution in [3.8, 4) is 0 Å². The Bertz CT molecular complexity index is 429. The molecule has 1 fully saturated rings. The lowest BCUT2D eigenvalue weighted by Crippen LogP contribution is -2.42. The van der Waals surface area contributed by atoms with Gasteiger partial charge < -0.3 is 9.47 Å². The molecule has 0 radical (unpaired) electrons. The summed E-state index contributed by atoms with van der Waals surface area (Å²) in [5, 5.41) is 0. The SMILES string of the molecule is CCOC(=O)C1(C2=NC(C)(C)C=C(C)O2)CCCC1. The third-order valence-electron chi connectivity index (χ3n) is 3.74. The largest absolute Gasteiger partial charge is 0.465 e. The van der Waals surface area contributed by atoms with Crippen molar-refractivity contribution in [2.24, 2.45) is 10.4 Å². The molecule has 1 saturated carbocycles. The molecule has 1 aliphatic heterocycles. The van der Waals surface area contributed by atoms with E-state index in [1.807, 2.05) is 33.8 Å². The van der Waals surface area contributed by atoms with E-state index in [4.69, 9.17) is 9.47 Å². The van der Waals surface area contributed by atoms with Crippen molar-refractivity contribution in [2.75, 3.05) is 6.61 Å². The lowest BCUT2D eigenvalue weighted by molar-refractivity contribution is -0.151. The second kappa shape index (κ2) is 4.99. The normalized spacial score (nSPS) is 24.2. The van der Waals surface area contributed by atoms with E-state index in [1.54, 1.807) is 0 Å². The van der Waals surface area contributed by atoms with Crippen molar-refractivity contribution in [3.05, 3.63) is 11.8 Å². The zero-order chi connectivity index (χ0) is 14.1. The van der Waals surface area contributed by atoms with Crippen molar-refractivity contribution < 1.29 is 14.3 Å². The van der Waals surface area contributed by atoms with Gasteiger partial charge >= 0.3 is 5.97 Å². The summed E-state index contributed by atoms with van der Waals surface area (Å²) in [6, 6.07) is 0. The van der Waals surface area contributed by atoms with Crippen molar-refractivity contribution >= 4 is 11.9 Å². The number of ether oxygens (including phenoxy) is 2. The third-order valence-corrected chi connectivity index (χ3v) is 3.74. The number of esters is 1. The first kappa shape index (κ1) is 14.1. The molecule has 2 aliphatic rings. The van der Waals surface area contributed by atoms with Crippen LogP contribution in [0.5, 0.6) is 0 Å². The molecular formula is C15H23NO3. The Morgan fingerprint density at radius 3 is 2.58 bits per heavy atom. The van der Waals surface area contributed by atoms with Gasteiger partial charge in [0.1, 0.15) is 11.2 Å². The molecule has 1 heterocycles. The summed E-state index contributed by atoms with van der Waals surface area (Å²) < 4.78 is 11.1. The zero-order valence-electron chi connectivity index (χ0n) is 12.3. The number of carbonyl (C=O) groups is 1. The van der Waals surface area contributed by atoms with E-state index >= 15 is 0 Å². The van der Waals surface area contributed by atoms with Crippen LogP contribution < -0.4 is 0 Å². The van der Waals surface area contributed by atoms with Crippen LogP contribution in [-0.4, -0.2) is 24.0 Å². The van der Waals surface area contributed by atoms with Gasteiger partial charge in [0.25, 0.3) is 0 Å². The molecule has 0 atom stereocenters. The quantitative estimate of drug-likeness (QED) is 0.736. The second-order valence-electron chi connectivity index (χ2n) is 5.94. The smallest absolute Gasteiger partial charge is 0.321 e. The number of allylic oxidation sites excluding steroid dienone is 1. The Balaban J connectivity index is 2.35. The Morgan fingerprint density at radius 2 is 2.05 bits per heavy atom. The highest BCUT2D eigenvalue weighted by atomic mass is 16.5. The highest BCUT2D eigenvalue weighted by molar-refractivity contribution is 6.04. The molecule has 4 nitrogen and oxygen atoms in total. The third kappa shape index (κ3) is 2.67. The van der Waals surface area contributed by atoms with E-state index in [0.29, 0.717) is 12.5 Å². The predicted octanol–water partition coefficient (Wildman–Crippen LogP) is 3.22. The lowest BCUT2D eigenvalue weighted by Gasteiger charge is -2.33. The van der Waals surface area contributed by atoms with Crippen LogP contribution in [0.3, 0.4) is 0 Å². The summed E-state index contributed by atoms with van der Waals surface area (Å²) >= 11 is 0. The molecule has 0 amide bonds. The van der Waals surface area contributed by atoms with Crippen molar-refractivity contribution in [1.82, 2.24) is 0 Å². The molecule has 0 aromatic carbocycles. The van der Waals surface area contributed by atoms with Gasteiger partial charge in [-0.2, -0.15) is 0 Å². The number of nitrogens with zero attached hydrogens (tertiary/aromatic N) is 1. The molecule has 0 N–H and O–H groups in total. The van der Waals surface area contributed by atoms with Gasteiger partial charge in [-0.3, -0.25) is 4.79 Å². The highest BCUT2D eigenvalue weighted by Crippen LogP contribution is 2.43. The minimum atomic E-state index is -0.664. The fraction of sp³-hybridized carbons (Fsp3) is 0.733. The van der Waals surface area contributed by atoms with Crippen LogP contribution in [0.15, 0.2) is 16.8 Å². The molecule has 106 valence electrons. The highest BCUT2D eigenvalue weighted by Gasteiger charge is 2.50. The summed E-state index contributed by atoms with van der Waals surface area (Å²) in [7, 11) is 0. The van der Waals surface area contributed by atoms with Crippen LogP contribution >= 0.6 is 0 Å². The summed E-state index contributed by atoms with van der Waals surface area (Å²) in [6.45, 7) is 8.18. The first-order chi connectivity index (χ1) is 8.89. The topological polar surface area (TPSA) is 47.9 Å². The molecule has 0 aromatic heterocycles. The first-order valence-corrected chi connectivity index (χ1v) is 7.04. The first-order valence-electron chi connectivity index (χ1n) is 7.04. The summed E-state index contributed by atoms with van der Waals surface area (Å²) in [4.78, 5) is 17.0. The van der Waals surface area contributed by atoms with Gasteiger partial charge in [-0.15, -0.1) is 0 Å². The lowest BCUT2D eigenvalue weighted by atomic mass is 9.84. The van der Waals surface area contributed by atoms with Crippen LogP contribution in [-0.2, 0) is 14.3 Å². The van der Waals surface area contributed by atoms with Crippen LogP contribution in [0.4, 0.5) is 0 Å². The number of aliphatic imine (C=N–C) groups is 1. The Hall–Kier alpha value is -1.32. The Kier molecular flexibility index (Phi) is 3.70. The van der Waals surface area contributed by atoms with Crippen LogP contribution in [0, 0.1) is 5.41 Å². The maximum absolute atomic E-state index is 12.4. The van der Waals surface area contributed by atoms with E-state index in [0.717, 1.165) is 31.4 Å².